The second kappa shape index (κ2) is 13.8. The quantitative estimate of drug-likeness (QED) is 0.147. The fraction of sp³-hybridized carbons (Fsp3) is 0. The Morgan fingerprint density at radius 1 is 0.345 bits per heavy atom. The van der Waals surface area contributed by atoms with Crippen LogP contribution in [0.25, 0.3) is 55.2 Å². The normalized spacial score (nSPS) is 11.3. The molecular weight excluding hydrogens is 671 g/mol. The Morgan fingerprint density at radius 2 is 0.800 bits per heavy atom. The van der Waals surface area contributed by atoms with Crippen molar-refractivity contribution in [3.8, 4) is 22.6 Å². The first kappa shape index (κ1) is 32.2. The van der Waals surface area contributed by atoms with E-state index in [1.54, 1.807) is 0 Å². The molecule has 9 aromatic carbocycles. The van der Waals surface area contributed by atoms with Crippen molar-refractivity contribution in [2.45, 2.75) is 0 Å². The molecule has 4 nitrogen and oxygen atoms in total. The molecule has 0 unspecified atom stereocenters. The lowest BCUT2D eigenvalue weighted by molar-refractivity contribution is 0.623. The van der Waals surface area contributed by atoms with Crippen LogP contribution in [0, 0.1) is 0 Å². The topological polar surface area (TPSA) is 32.5 Å². The smallest absolute Gasteiger partial charge is 0.227 e. The molecule has 0 radical (unpaired) electrons. The number of fused-ring (bicyclic) bond motifs is 5. The van der Waals surface area contributed by atoms with Crippen molar-refractivity contribution in [3.63, 3.8) is 0 Å². The third-order valence-electron chi connectivity index (χ3n) is 10.2. The molecule has 4 heteroatoms. The second-order valence-electron chi connectivity index (χ2n) is 13.6. The summed E-state index contributed by atoms with van der Waals surface area (Å²) in [6.07, 6.45) is 0. The molecule has 1 aromatic heterocycles. The van der Waals surface area contributed by atoms with Crippen LogP contribution < -0.4 is 9.80 Å². The second-order valence-corrected chi connectivity index (χ2v) is 13.6. The van der Waals surface area contributed by atoms with Crippen molar-refractivity contribution in [2.75, 3.05) is 9.80 Å². The first-order valence-electron chi connectivity index (χ1n) is 18.5. The fourth-order valence-electron chi connectivity index (χ4n) is 7.61. The van der Waals surface area contributed by atoms with Gasteiger partial charge in [0.05, 0.1) is 0 Å². The summed E-state index contributed by atoms with van der Waals surface area (Å²) in [5.41, 5.74) is 11.4. The van der Waals surface area contributed by atoms with Gasteiger partial charge in [0.2, 0.25) is 5.89 Å². The number of aromatic nitrogens is 1. The average molecular weight is 706 g/mol. The number of para-hydroxylation sites is 2. The predicted molar refractivity (Wildman–Crippen MR) is 229 cm³/mol. The van der Waals surface area contributed by atoms with E-state index in [-0.39, 0.29) is 0 Å². The highest BCUT2D eigenvalue weighted by atomic mass is 16.3. The maximum Gasteiger partial charge on any atom is 0.227 e. The molecule has 0 aliphatic carbocycles. The van der Waals surface area contributed by atoms with Crippen LogP contribution in [0.1, 0.15) is 0 Å². The molecule has 0 fully saturated rings. The third kappa shape index (κ3) is 6.06. The lowest BCUT2D eigenvalue weighted by Crippen LogP contribution is -2.12. The molecule has 260 valence electrons. The van der Waals surface area contributed by atoms with Gasteiger partial charge in [-0.3, -0.25) is 0 Å². The molecule has 55 heavy (non-hydrogen) atoms. The van der Waals surface area contributed by atoms with Crippen LogP contribution in [0.15, 0.2) is 217 Å². The van der Waals surface area contributed by atoms with Gasteiger partial charge >= 0.3 is 0 Å². The number of hydrogen-bond acceptors (Lipinski definition) is 4. The predicted octanol–water partition coefficient (Wildman–Crippen LogP) is 14.4. The number of rotatable bonds is 8. The van der Waals surface area contributed by atoms with Crippen LogP contribution in [-0.4, -0.2) is 4.98 Å². The Morgan fingerprint density at radius 3 is 1.44 bits per heavy atom. The van der Waals surface area contributed by atoms with Gasteiger partial charge in [0.25, 0.3) is 0 Å². The summed E-state index contributed by atoms with van der Waals surface area (Å²) in [4.78, 5) is 9.54. The first-order chi connectivity index (χ1) is 27.3. The molecule has 0 saturated carbocycles. The zero-order valence-electron chi connectivity index (χ0n) is 30.0. The van der Waals surface area contributed by atoms with Gasteiger partial charge in [0, 0.05) is 45.1 Å². The summed E-state index contributed by atoms with van der Waals surface area (Å²) in [6.45, 7) is 0. The maximum absolute atomic E-state index is 6.56. The minimum atomic E-state index is 0.624. The van der Waals surface area contributed by atoms with Gasteiger partial charge in [-0.05, 0) is 118 Å². The Bertz CT molecular complexity index is 2910. The van der Waals surface area contributed by atoms with Gasteiger partial charge < -0.3 is 14.2 Å². The number of nitrogens with zero attached hydrogens (tertiary/aromatic N) is 3. The van der Waals surface area contributed by atoms with Crippen molar-refractivity contribution >= 4 is 66.8 Å². The highest BCUT2D eigenvalue weighted by molar-refractivity contribution is 6.18. The largest absolute Gasteiger partial charge is 0.435 e. The van der Waals surface area contributed by atoms with Crippen LogP contribution in [0.5, 0.6) is 0 Å². The molecule has 0 saturated heterocycles. The summed E-state index contributed by atoms with van der Waals surface area (Å²) < 4.78 is 6.56. The lowest BCUT2D eigenvalue weighted by atomic mass is 10.00. The number of benzene rings is 9. The average Bonchev–Trinajstić information content (AvgIpc) is 3.71. The highest BCUT2D eigenvalue weighted by Crippen LogP contribution is 2.42. The van der Waals surface area contributed by atoms with Crippen molar-refractivity contribution < 1.29 is 4.42 Å². The van der Waals surface area contributed by atoms with Crippen molar-refractivity contribution in [3.05, 3.63) is 212 Å². The maximum atomic E-state index is 6.56. The highest BCUT2D eigenvalue weighted by Gasteiger charge is 2.19. The molecule has 0 bridgehead atoms. The molecule has 0 aliphatic rings. The van der Waals surface area contributed by atoms with Crippen molar-refractivity contribution in [1.29, 1.82) is 0 Å². The Hall–Kier alpha value is -7.43. The number of hydrogen-bond donors (Lipinski definition) is 0. The van der Waals surface area contributed by atoms with E-state index >= 15 is 0 Å². The number of oxazole rings is 1. The summed E-state index contributed by atoms with van der Waals surface area (Å²) >= 11 is 0. The molecule has 0 N–H and O–H groups in total. The van der Waals surface area contributed by atoms with E-state index in [9.17, 15) is 0 Å². The monoisotopic (exact) mass is 705 g/mol. The number of anilines is 6. The van der Waals surface area contributed by atoms with E-state index in [1.807, 2.05) is 30.3 Å². The van der Waals surface area contributed by atoms with Crippen LogP contribution >= 0.6 is 0 Å². The van der Waals surface area contributed by atoms with E-state index in [2.05, 4.69) is 192 Å². The molecular formula is C51H35N3O. The lowest BCUT2D eigenvalue weighted by Gasteiger charge is -2.28. The Balaban J connectivity index is 1.09. The minimum Gasteiger partial charge on any atom is -0.435 e. The first-order valence-corrected chi connectivity index (χ1v) is 18.5. The molecule has 10 rings (SSSR count). The van der Waals surface area contributed by atoms with E-state index in [4.69, 9.17) is 9.40 Å². The van der Waals surface area contributed by atoms with Gasteiger partial charge in [-0.25, -0.2) is 4.98 Å². The molecule has 0 amide bonds. The van der Waals surface area contributed by atoms with Gasteiger partial charge in [-0.15, -0.1) is 0 Å². The molecule has 0 atom stereocenters. The van der Waals surface area contributed by atoms with Crippen LogP contribution in [0.4, 0.5) is 34.1 Å². The van der Waals surface area contributed by atoms with Gasteiger partial charge in [0.1, 0.15) is 5.52 Å². The van der Waals surface area contributed by atoms with Gasteiger partial charge in [-0.1, -0.05) is 121 Å². The van der Waals surface area contributed by atoms with Crippen LogP contribution in [-0.2, 0) is 0 Å². The zero-order chi connectivity index (χ0) is 36.6. The fourth-order valence-corrected chi connectivity index (χ4v) is 7.61. The molecule has 0 aliphatic heterocycles. The zero-order valence-corrected chi connectivity index (χ0v) is 30.0. The SMILES string of the molecule is c1ccc(-c2cccc(N(c3ccccc3)c3ccc(N(c4ccccc4)c4ccc5ccc6ccc7nc(-c8ccccc8)oc7c6c5c4)cc3)c2)cc1. The van der Waals surface area contributed by atoms with E-state index in [0.717, 1.165) is 72.3 Å². The van der Waals surface area contributed by atoms with E-state index in [1.165, 1.54) is 11.1 Å². The van der Waals surface area contributed by atoms with Crippen molar-refractivity contribution in [2.24, 2.45) is 0 Å². The Labute approximate surface area is 319 Å². The minimum absolute atomic E-state index is 0.624. The van der Waals surface area contributed by atoms with Crippen LogP contribution in [0.3, 0.4) is 0 Å². The summed E-state index contributed by atoms with van der Waals surface area (Å²) in [5.74, 6) is 0.624. The summed E-state index contributed by atoms with van der Waals surface area (Å²) in [7, 11) is 0. The standard InChI is InChI=1S/C51H35N3O/c1-5-14-36(15-6-1)40-18-13-23-45(34-40)53(41-19-9-3-10-20-41)43-29-31-44(32-30-43)54(42-21-11-4-12-22-42)46-28-26-37-24-25-38-27-33-48-50(49(38)47(37)35-46)55-51(52-48)39-16-7-2-8-17-39/h1-35H. The van der Waals surface area contributed by atoms with E-state index < -0.39 is 0 Å². The summed E-state index contributed by atoms with van der Waals surface area (Å²) in [6, 6.07) is 74.6. The molecule has 0 spiro atoms. The molecule has 1 heterocycles. The van der Waals surface area contributed by atoms with Gasteiger partial charge in [-0.2, -0.15) is 0 Å². The summed E-state index contributed by atoms with van der Waals surface area (Å²) in [5, 5.41) is 4.43. The Kier molecular flexibility index (Phi) is 8.12. The van der Waals surface area contributed by atoms with E-state index in [0.29, 0.717) is 5.89 Å². The van der Waals surface area contributed by atoms with Crippen molar-refractivity contribution in [1.82, 2.24) is 4.98 Å². The molecule has 10 aromatic rings. The van der Waals surface area contributed by atoms with Gasteiger partial charge in [0.15, 0.2) is 5.58 Å². The van der Waals surface area contributed by atoms with Crippen LogP contribution in [0.2, 0.25) is 0 Å². The third-order valence-corrected chi connectivity index (χ3v) is 10.2.